The molecule has 0 atom stereocenters. The molecule has 0 saturated heterocycles. The Morgan fingerprint density at radius 1 is 1.19 bits per heavy atom. The second-order valence-corrected chi connectivity index (χ2v) is 7.02. The summed E-state index contributed by atoms with van der Waals surface area (Å²) in [5, 5.41) is 3.51. The number of nitrogens with one attached hydrogen (secondary N) is 1. The van der Waals surface area contributed by atoms with Gasteiger partial charge in [-0.05, 0) is 51.1 Å². The van der Waals surface area contributed by atoms with Crippen LogP contribution in [0, 0.1) is 0 Å². The van der Waals surface area contributed by atoms with E-state index >= 15 is 0 Å². The van der Waals surface area contributed by atoms with Gasteiger partial charge in [-0.3, -0.25) is 0 Å². The smallest absolute Gasteiger partial charge is 0.120 e. The molecule has 1 heterocycles. The van der Waals surface area contributed by atoms with Gasteiger partial charge >= 0.3 is 0 Å². The molecule has 1 N–H and O–H groups in total. The van der Waals surface area contributed by atoms with Gasteiger partial charge in [-0.25, -0.2) is 0 Å². The highest BCUT2D eigenvalue weighted by molar-refractivity contribution is 9.10. The van der Waals surface area contributed by atoms with Crippen molar-refractivity contribution >= 4 is 15.9 Å². The molecule has 0 aliphatic carbocycles. The minimum atomic E-state index is 0.127. The van der Waals surface area contributed by atoms with Crippen LogP contribution in [0.2, 0.25) is 0 Å². The highest BCUT2D eigenvalue weighted by Crippen LogP contribution is 2.17. The van der Waals surface area contributed by atoms with Crippen molar-refractivity contribution in [1.82, 2.24) is 9.88 Å². The molecule has 1 aromatic carbocycles. The fourth-order valence-corrected chi connectivity index (χ4v) is 2.38. The van der Waals surface area contributed by atoms with Crippen LogP contribution >= 0.6 is 15.9 Å². The number of benzene rings is 1. The lowest BCUT2D eigenvalue weighted by atomic mass is 10.1. The van der Waals surface area contributed by atoms with Crippen LogP contribution < -0.4 is 10.1 Å². The summed E-state index contributed by atoms with van der Waals surface area (Å²) in [6, 6.07) is 12.2. The third kappa shape index (κ3) is 5.56. The fraction of sp³-hybridized carbons (Fsp3) is 0.412. The third-order valence-electron chi connectivity index (χ3n) is 3.12. The van der Waals surface area contributed by atoms with Crippen molar-refractivity contribution in [2.24, 2.45) is 0 Å². The molecular formula is C17H23BrN2O. The van der Waals surface area contributed by atoms with E-state index in [-0.39, 0.29) is 5.54 Å². The molecule has 0 saturated carbocycles. The van der Waals surface area contributed by atoms with Gasteiger partial charge in [0, 0.05) is 28.4 Å². The van der Waals surface area contributed by atoms with Gasteiger partial charge in [0.1, 0.15) is 12.4 Å². The molecular weight excluding hydrogens is 328 g/mol. The Kier molecular flexibility index (Phi) is 5.48. The zero-order valence-electron chi connectivity index (χ0n) is 12.9. The Morgan fingerprint density at radius 2 is 2.00 bits per heavy atom. The largest absolute Gasteiger partial charge is 0.492 e. The topological polar surface area (TPSA) is 26.2 Å². The number of ether oxygens (including phenoxy) is 1. The Labute approximate surface area is 135 Å². The Morgan fingerprint density at radius 3 is 2.71 bits per heavy atom. The van der Waals surface area contributed by atoms with Gasteiger partial charge in [-0.15, -0.1) is 0 Å². The highest BCUT2D eigenvalue weighted by Gasteiger charge is 2.10. The van der Waals surface area contributed by atoms with Crippen molar-refractivity contribution in [1.29, 1.82) is 0 Å². The first-order valence-corrected chi connectivity index (χ1v) is 8.01. The second kappa shape index (κ2) is 7.14. The Balaban J connectivity index is 1.85. The van der Waals surface area contributed by atoms with E-state index in [0.717, 1.165) is 23.3 Å². The van der Waals surface area contributed by atoms with Gasteiger partial charge in [0.05, 0.1) is 6.54 Å². The van der Waals surface area contributed by atoms with Gasteiger partial charge in [0.2, 0.25) is 0 Å². The molecule has 0 spiro atoms. The van der Waals surface area contributed by atoms with Gasteiger partial charge < -0.3 is 14.6 Å². The van der Waals surface area contributed by atoms with Gasteiger partial charge in [-0.1, -0.05) is 22.0 Å². The maximum absolute atomic E-state index is 5.79. The summed E-state index contributed by atoms with van der Waals surface area (Å²) in [6.07, 6.45) is 2.10. The lowest BCUT2D eigenvalue weighted by Gasteiger charge is -2.21. The van der Waals surface area contributed by atoms with Crippen molar-refractivity contribution in [3.8, 4) is 5.75 Å². The molecule has 1 aromatic heterocycles. The number of aromatic nitrogens is 1. The van der Waals surface area contributed by atoms with Gasteiger partial charge in [0.25, 0.3) is 0 Å². The quantitative estimate of drug-likeness (QED) is 0.844. The second-order valence-electron chi connectivity index (χ2n) is 6.10. The standard InChI is InChI=1S/C17H23BrN2O/c1-17(2,3)19-13-15-7-5-9-20(15)10-11-21-16-8-4-6-14(18)12-16/h4-9,12,19H,10-11,13H2,1-3H3. The first kappa shape index (κ1) is 16.1. The average Bonchev–Trinajstić information content (AvgIpc) is 2.83. The number of nitrogens with zero attached hydrogens (tertiary/aromatic N) is 1. The minimum Gasteiger partial charge on any atom is -0.492 e. The van der Waals surface area contributed by atoms with E-state index in [1.165, 1.54) is 5.69 Å². The van der Waals surface area contributed by atoms with Gasteiger partial charge in [0.15, 0.2) is 0 Å². The summed E-state index contributed by atoms with van der Waals surface area (Å²) >= 11 is 3.45. The molecule has 0 aliphatic heterocycles. The molecule has 0 bridgehead atoms. The maximum Gasteiger partial charge on any atom is 0.120 e. The Bertz CT molecular complexity index is 572. The van der Waals surface area contributed by atoms with Gasteiger partial charge in [-0.2, -0.15) is 0 Å². The first-order chi connectivity index (χ1) is 9.94. The van der Waals surface area contributed by atoms with Crippen LogP contribution in [0.5, 0.6) is 5.75 Å². The molecule has 0 amide bonds. The summed E-state index contributed by atoms with van der Waals surface area (Å²) in [6.45, 7) is 8.91. The summed E-state index contributed by atoms with van der Waals surface area (Å²) in [7, 11) is 0. The minimum absolute atomic E-state index is 0.127. The van der Waals surface area contributed by atoms with Crippen LogP contribution in [0.25, 0.3) is 0 Å². The zero-order chi connectivity index (χ0) is 15.3. The van der Waals surface area contributed by atoms with Crippen LogP contribution in [0.15, 0.2) is 47.1 Å². The van der Waals surface area contributed by atoms with Crippen molar-refractivity contribution in [3.63, 3.8) is 0 Å². The summed E-state index contributed by atoms with van der Waals surface area (Å²) < 4.78 is 9.06. The SMILES string of the molecule is CC(C)(C)NCc1cccn1CCOc1cccc(Br)c1. The molecule has 0 fully saturated rings. The molecule has 0 radical (unpaired) electrons. The molecule has 3 nitrogen and oxygen atoms in total. The van der Waals surface area contributed by atoms with Crippen molar-refractivity contribution in [2.75, 3.05) is 6.61 Å². The third-order valence-corrected chi connectivity index (χ3v) is 3.61. The van der Waals surface area contributed by atoms with E-state index < -0.39 is 0 Å². The van der Waals surface area contributed by atoms with Crippen LogP contribution in [-0.4, -0.2) is 16.7 Å². The predicted molar refractivity (Wildman–Crippen MR) is 90.7 cm³/mol. The average molecular weight is 351 g/mol. The van der Waals surface area contributed by atoms with Crippen LogP contribution in [0.4, 0.5) is 0 Å². The molecule has 0 aliphatic rings. The van der Waals surface area contributed by atoms with E-state index in [1.807, 2.05) is 24.3 Å². The van der Waals surface area contributed by atoms with Crippen molar-refractivity contribution in [3.05, 3.63) is 52.8 Å². The molecule has 4 heteroatoms. The van der Waals surface area contributed by atoms with E-state index in [1.54, 1.807) is 0 Å². The normalized spacial score (nSPS) is 11.6. The number of hydrogen-bond donors (Lipinski definition) is 1. The number of halogens is 1. The van der Waals surface area contributed by atoms with Crippen LogP contribution in [0.3, 0.4) is 0 Å². The molecule has 0 unspecified atom stereocenters. The van der Waals surface area contributed by atoms with E-state index in [9.17, 15) is 0 Å². The molecule has 2 aromatic rings. The summed E-state index contributed by atoms with van der Waals surface area (Å²) in [4.78, 5) is 0. The number of rotatable bonds is 6. The first-order valence-electron chi connectivity index (χ1n) is 7.21. The zero-order valence-corrected chi connectivity index (χ0v) is 14.5. The Hall–Kier alpha value is -1.26. The van der Waals surface area contributed by atoms with E-state index in [2.05, 4.69) is 64.9 Å². The molecule has 21 heavy (non-hydrogen) atoms. The lowest BCUT2D eigenvalue weighted by Crippen LogP contribution is -2.35. The van der Waals surface area contributed by atoms with E-state index in [4.69, 9.17) is 4.74 Å². The summed E-state index contributed by atoms with van der Waals surface area (Å²) in [5.41, 5.74) is 1.41. The van der Waals surface area contributed by atoms with Crippen molar-refractivity contribution < 1.29 is 4.74 Å². The molecule has 2 rings (SSSR count). The fourth-order valence-electron chi connectivity index (χ4n) is 2.00. The number of hydrogen-bond acceptors (Lipinski definition) is 2. The van der Waals surface area contributed by atoms with E-state index in [0.29, 0.717) is 6.61 Å². The summed E-state index contributed by atoms with van der Waals surface area (Å²) in [5.74, 6) is 0.894. The van der Waals surface area contributed by atoms with Crippen LogP contribution in [0.1, 0.15) is 26.5 Å². The maximum atomic E-state index is 5.79. The monoisotopic (exact) mass is 350 g/mol. The highest BCUT2D eigenvalue weighted by atomic mass is 79.9. The molecule has 114 valence electrons. The lowest BCUT2D eigenvalue weighted by molar-refractivity contribution is 0.295. The van der Waals surface area contributed by atoms with Crippen LogP contribution in [-0.2, 0) is 13.1 Å². The van der Waals surface area contributed by atoms with Crippen molar-refractivity contribution in [2.45, 2.75) is 39.4 Å². The predicted octanol–water partition coefficient (Wildman–Crippen LogP) is 4.22.